The van der Waals surface area contributed by atoms with Crippen molar-refractivity contribution in [3.63, 3.8) is 0 Å². The molecule has 190 valence electrons. The van der Waals surface area contributed by atoms with Gasteiger partial charge in [-0.3, -0.25) is 14.5 Å². The molecule has 0 unspecified atom stereocenters. The Labute approximate surface area is 211 Å². The van der Waals surface area contributed by atoms with Crippen molar-refractivity contribution in [1.82, 2.24) is 15.1 Å². The Kier molecular flexibility index (Phi) is 6.23. The van der Waals surface area contributed by atoms with E-state index in [2.05, 4.69) is 17.0 Å². The zero-order valence-electron chi connectivity index (χ0n) is 20.1. The van der Waals surface area contributed by atoms with Crippen LogP contribution in [-0.4, -0.2) is 39.6 Å². The molecule has 1 saturated heterocycles. The number of hydrogen-bond acceptors (Lipinski definition) is 3. The van der Waals surface area contributed by atoms with Crippen molar-refractivity contribution in [2.75, 3.05) is 4.90 Å². The second kappa shape index (κ2) is 9.38. The number of carbonyl (C=O) groups excluding carboxylic acids is 2. The van der Waals surface area contributed by atoms with Crippen LogP contribution >= 0.6 is 0 Å². The normalized spacial score (nSPS) is 21.4. The molecule has 2 amide bonds. The molecule has 2 fully saturated rings. The highest BCUT2D eigenvalue weighted by Gasteiger charge is 2.63. The van der Waals surface area contributed by atoms with E-state index in [1.807, 2.05) is 6.92 Å². The second-order valence-corrected chi connectivity index (χ2v) is 9.24. The summed E-state index contributed by atoms with van der Waals surface area (Å²) >= 11 is 0. The Bertz CT molecular complexity index is 1440. The number of allylic oxidation sites excluding steroid dienone is 3. The summed E-state index contributed by atoms with van der Waals surface area (Å²) in [5, 5.41) is 7.38. The van der Waals surface area contributed by atoms with E-state index >= 15 is 8.78 Å². The monoisotopic (exact) mass is 506 g/mol. The Balaban J connectivity index is 1.55. The van der Waals surface area contributed by atoms with Crippen LogP contribution < -0.4 is 10.2 Å². The predicted octanol–water partition coefficient (Wildman–Crippen LogP) is 5.10. The molecule has 6 nitrogen and oxygen atoms in total. The molecule has 1 aromatic heterocycles. The van der Waals surface area contributed by atoms with Gasteiger partial charge in [0.05, 0.1) is 23.4 Å². The van der Waals surface area contributed by atoms with Crippen molar-refractivity contribution in [3.05, 3.63) is 90.9 Å². The molecule has 1 N–H and O–H groups in total. The molecule has 1 saturated carbocycles. The van der Waals surface area contributed by atoms with E-state index in [1.54, 1.807) is 65.5 Å². The van der Waals surface area contributed by atoms with Crippen LogP contribution in [-0.2, 0) is 9.59 Å². The first-order chi connectivity index (χ1) is 17.7. The molecule has 0 bridgehead atoms. The highest BCUT2D eigenvalue weighted by molar-refractivity contribution is 6.05. The molecule has 5 rings (SSSR count). The largest absolute Gasteiger partial charge is 0.347 e. The number of carbonyl (C=O) groups is 2. The fourth-order valence-electron chi connectivity index (χ4n) is 4.56. The summed E-state index contributed by atoms with van der Waals surface area (Å²) in [6.07, 6.45) is 9.54. The molecule has 2 heterocycles. The molecule has 1 aliphatic carbocycles. The third kappa shape index (κ3) is 4.45. The van der Waals surface area contributed by atoms with Crippen molar-refractivity contribution in [3.8, 4) is 5.69 Å². The average molecular weight is 507 g/mol. The summed E-state index contributed by atoms with van der Waals surface area (Å²) in [7, 11) is 0. The molecule has 37 heavy (non-hydrogen) atoms. The van der Waals surface area contributed by atoms with Crippen LogP contribution in [0.2, 0.25) is 0 Å². The van der Waals surface area contributed by atoms with Crippen molar-refractivity contribution >= 4 is 28.4 Å². The molecular formula is C28H25F3N4O2. The van der Waals surface area contributed by atoms with E-state index in [4.69, 9.17) is 0 Å². The van der Waals surface area contributed by atoms with Gasteiger partial charge in [-0.2, -0.15) is 13.9 Å². The highest BCUT2D eigenvalue weighted by Crippen LogP contribution is 2.42. The SMILES string of the molecule is C=C(/C=C\C=C/C)[C@@H]1[C@@H](NC(=O)C2CC2)C(F)(F)C(=O)N1c1ccc2c(cnn2-c2ccc(F)cc2)c1. The second-order valence-electron chi connectivity index (χ2n) is 9.24. The number of benzene rings is 2. The van der Waals surface area contributed by atoms with Gasteiger partial charge in [0.2, 0.25) is 5.91 Å². The van der Waals surface area contributed by atoms with Crippen LogP contribution in [0.15, 0.2) is 85.1 Å². The quantitative estimate of drug-likeness (QED) is 0.454. The lowest BCUT2D eigenvalue weighted by Crippen LogP contribution is -2.52. The van der Waals surface area contributed by atoms with Crippen LogP contribution in [0.4, 0.5) is 18.9 Å². The van der Waals surface area contributed by atoms with Gasteiger partial charge >= 0.3 is 5.92 Å². The van der Waals surface area contributed by atoms with Crippen LogP contribution in [0.1, 0.15) is 19.8 Å². The lowest BCUT2D eigenvalue weighted by molar-refractivity contribution is -0.142. The zero-order valence-corrected chi connectivity index (χ0v) is 20.1. The first-order valence-electron chi connectivity index (χ1n) is 12.0. The number of nitrogens with zero attached hydrogens (tertiary/aromatic N) is 3. The number of anilines is 1. The highest BCUT2D eigenvalue weighted by atomic mass is 19.3. The van der Waals surface area contributed by atoms with Gasteiger partial charge in [0.1, 0.15) is 11.9 Å². The van der Waals surface area contributed by atoms with Gasteiger partial charge in [-0.25, -0.2) is 9.07 Å². The summed E-state index contributed by atoms with van der Waals surface area (Å²) in [4.78, 5) is 26.6. The van der Waals surface area contributed by atoms with E-state index < -0.39 is 29.8 Å². The van der Waals surface area contributed by atoms with E-state index in [0.29, 0.717) is 29.4 Å². The summed E-state index contributed by atoms with van der Waals surface area (Å²) in [5.74, 6) is -6.41. The standard InChI is InChI=1S/C28H25F3N4O2/c1-3-4-5-6-17(2)24-25(33-26(36)18-7-8-18)28(30,31)27(37)34(24)22-13-14-23-19(15-22)16-32-35(23)21-11-9-20(29)10-12-21/h3-6,9-16,18,24-25H,2,7-8H2,1H3,(H,33,36)/b4-3-,6-5-/t24-,25-/m1/s1. The molecular weight excluding hydrogens is 481 g/mol. The molecule has 3 aromatic rings. The average Bonchev–Trinajstić information content (AvgIpc) is 3.62. The van der Waals surface area contributed by atoms with Gasteiger partial charge in [0.25, 0.3) is 5.91 Å². The number of alkyl halides is 2. The maximum absolute atomic E-state index is 15.4. The Hall–Kier alpha value is -4.14. The molecule has 2 aromatic carbocycles. The molecule has 1 aliphatic heterocycles. The molecule has 2 aliphatic rings. The Morgan fingerprint density at radius 1 is 1.14 bits per heavy atom. The van der Waals surface area contributed by atoms with Crippen molar-refractivity contribution in [1.29, 1.82) is 0 Å². The zero-order chi connectivity index (χ0) is 26.3. The van der Waals surface area contributed by atoms with Crippen LogP contribution in [0.5, 0.6) is 0 Å². The van der Waals surface area contributed by atoms with E-state index in [0.717, 1.165) is 4.90 Å². The number of halogens is 3. The van der Waals surface area contributed by atoms with Gasteiger partial charge in [-0.1, -0.05) is 30.9 Å². The maximum atomic E-state index is 15.4. The number of aromatic nitrogens is 2. The minimum atomic E-state index is -3.83. The van der Waals surface area contributed by atoms with Gasteiger partial charge in [-0.15, -0.1) is 0 Å². The number of amides is 2. The number of nitrogens with one attached hydrogen (secondary N) is 1. The topological polar surface area (TPSA) is 67.2 Å². The molecule has 9 heteroatoms. The summed E-state index contributed by atoms with van der Waals surface area (Å²) in [6.45, 7) is 5.78. The Morgan fingerprint density at radius 3 is 2.51 bits per heavy atom. The van der Waals surface area contributed by atoms with Crippen LogP contribution in [0, 0.1) is 11.7 Å². The molecule has 0 radical (unpaired) electrons. The smallest absolute Gasteiger partial charge is 0.344 e. The van der Waals surface area contributed by atoms with Gasteiger partial charge in [0.15, 0.2) is 0 Å². The maximum Gasteiger partial charge on any atom is 0.347 e. The van der Waals surface area contributed by atoms with Gasteiger partial charge < -0.3 is 5.32 Å². The minimum Gasteiger partial charge on any atom is -0.344 e. The van der Waals surface area contributed by atoms with Crippen molar-refractivity contribution in [2.24, 2.45) is 5.92 Å². The summed E-state index contributed by atoms with van der Waals surface area (Å²) in [6, 6.07) is 7.62. The summed E-state index contributed by atoms with van der Waals surface area (Å²) < 4.78 is 45.8. The van der Waals surface area contributed by atoms with Crippen molar-refractivity contribution < 1.29 is 22.8 Å². The first-order valence-corrected chi connectivity index (χ1v) is 12.0. The van der Waals surface area contributed by atoms with Crippen LogP contribution in [0.3, 0.4) is 0 Å². The van der Waals surface area contributed by atoms with Gasteiger partial charge in [-0.05, 0) is 67.8 Å². The lowest BCUT2D eigenvalue weighted by atomic mass is 9.98. The Morgan fingerprint density at radius 2 is 1.84 bits per heavy atom. The number of hydrogen-bond donors (Lipinski definition) is 1. The van der Waals surface area contributed by atoms with Gasteiger partial charge in [0, 0.05) is 17.0 Å². The number of fused-ring (bicyclic) bond motifs is 1. The van der Waals surface area contributed by atoms with Crippen LogP contribution in [0.25, 0.3) is 16.6 Å². The third-order valence-electron chi connectivity index (χ3n) is 6.63. The predicted molar refractivity (Wildman–Crippen MR) is 135 cm³/mol. The van der Waals surface area contributed by atoms with E-state index in [1.165, 1.54) is 12.1 Å². The fourth-order valence-corrected chi connectivity index (χ4v) is 4.56. The summed E-state index contributed by atoms with van der Waals surface area (Å²) in [5.41, 5.74) is 1.75. The molecule has 0 spiro atoms. The molecule has 2 atom stereocenters. The fraction of sp³-hybridized carbons (Fsp3) is 0.250. The minimum absolute atomic E-state index is 0.226. The lowest BCUT2D eigenvalue weighted by Gasteiger charge is -2.29. The van der Waals surface area contributed by atoms with Crippen molar-refractivity contribution in [2.45, 2.75) is 37.8 Å². The third-order valence-corrected chi connectivity index (χ3v) is 6.63. The first kappa shape index (κ1) is 24.5. The van der Waals surface area contributed by atoms with E-state index in [9.17, 15) is 14.0 Å². The van der Waals surface area contributed by atoms with E-state index in [-0.39, 0.29) is 23.0 Å². The number of rotatable bonds is 7.